The van der Waals surface area contributed by atoms with Crippen LogP contribution in [0, 0.1) is 0 Å². The van der Waals surface area contributed by atoms with Gasteiger partial charge in [-0.1, -0.05) is 55.1 Å². The van der Waals surface area contributed by atoms with Crippen molar-refractivity contribution in [3.8, 4) is 0 Å². The number of rotatable bonds is 6. The van der Waals surface area contributed by atoms with E-state index < -0.39 is 0 Å². The molecule has 0 aliphatic rings. The summed E-state index contributed by atoms with van der Waals surface area (Å²) in [5.74, 6) is 0.373. The third kappa shape index (κ3) is 15.9. The lowest BCUT2D eigenvalue weighted by molar-refractivity contribution is 0.0975. The zero-order valence-electron chi connectivity index (χ0n) is 37.6. The number of nitrogens with one attached hydrogen (secondary N) is 7. The van der Waals surface area contributed by atoms with Gasteiger partial charge in [-0.15, -0.1) is 0 Å². The topological polar surface area (TPSA) is 236 Å². The van der Waals surface area contributed by atoms with E-state index in [4.69, 9.17) is 41.6 Å². The van der Waals surface area contributed by atoms with Crippen LogP contribution in [0.15, 0.2) is 192 Å². The summed E-state index contributed by atoms with van der Waals surface area (Å²) in [5.41, 5.74) is 25.7. The number of thioether (sulfide) groups is 1. The van der Waals surface area contributed by atoms with Gasteiger partial charge in [0.2, 0.25) is 0 Å². The highest BCUT2D eigenvalue weighted by molar-refractivity contribution is 8.13. The molecule has 0 spiro atoms. The highest BCUT2D eigenvalue weighted by Crippen LogP contribution is 2.22. The average Bonchev–Trinajstić information content (AvgIpc) is 4.21. The minimum absolute atomic E-state index is 0.226. The summed E-state index contributed by atoms with van der Waals surface area (Å²) in [6, 6.07) is 49.2. The molecule has 70 heavy (non-hydrogen) atoms. The van der Waals surface area contributed by atoms with Gasteiger partial charge in [0.15, 0.2) is 15.4 Å². The Morgan fingerprint density at radius 2 is 1.07 bits per heavy atom. The highest BCUT2D eigenvalue weighted by atomic mass is 32.2. The Bertz CT molecular complexity index is 3410. The number of nitrogen functional groups attached to an aromatic ring is 1. The Morgan fingerprint density at radius 3 is 1.59 bits per heavy atom. The number of thiocarbonyl (C=S) groups is 3. The second-order valence-electron chi connectivity index (χ2n) is 14.7. The molecule has 0 unspecified atom stereocenters. The van der Waals surface area contributed by atoms with Crippen molar-refractivity contribution >= 4 is 147 Å². The maximum absolute atomic E-state index is 12.0. The zero-order valence-corrected chi connectivity index (χ0v) is 40.9. The first-order valence-corrected chi connectivity index (χ1v) is 23.6. The Morgan fingerprint density at radius 1 is 0.600 bits per heavy atom. The number of nitrogens with two attached hydrogens (primary N) is 3. The van der Waals surface area contributed by atoms with Crippen LogP contribution in [0.1, 0.15) is 27.6 Å². The molecule has 4 aromatic heterocycles. The molecule has 0 bridgehead atoms. The number of aliphatic imine (C=N–C) groups is 2. The van der Waals surface area contributed by atoms with Crippen molar-refractivity contribution in [2.24, 2.45) is 21.5 Å². The van der Waals surface area contributed by atoms with E-state index in [2.05, 4.69) is 65.0 Å². The molecule has 0 atom stereocenters. The molecule has 0 aliphatic carbocycles. The maximum atomic E-state index is 12.0. The summed E-state index contributed by atoms with van der Waals surface area (Å²) >= 11 is 15.7. The van der Waals surface area contributed by atoms with Crippen molar-refractivity contribution in [3.63, 3.8) is 0 Å². The van der Waals surface area contributed by atoms with E-state index in [0.29, 0.717) is 16.3 Å². The molecule has 18 heteroatoms. The van der Waals surface area contributed by atoms with Gasteiger partial charge >= 0.3 is 0 Å². The summed E-state index contributed by atoms with van der Waals surface area (Å²) in [7, 11) is 0. The fraction of sp³-hybridized carbons (Fsp3) is 0.0385. The zero-order chi connectivity index (χ0) is 49.7. The molecule has 0 saturated carbocycles. The Balaban J connectivity index is 0.000000147. The van der Waals surface area contributed by atoms with Gasteiger partial charge in [-0.2, -0.15) is 4.99 Å². The quantitative estimate of drug-likeness (QED) is 0.0325. The van der Waals surface area contributed by atoms with Crippen LogP contribution in [0.2, 0.25) is 0 Å². The van der Waals surface area contributed by atoms with Crippen molar-refractivity contribution in [2.75, 3.05) is 22.1 Å². The van der Waals surface area contributed by atoms with Crippen molar-refractivity contribution in [2.45, 2.75) is 6.92 Å². The van der Waals surface area contributed by atoms with Gasteiger partial charge in [0.1, 0.15) is 0 Å². The molecular weight excluding hydrogens is 953 g/mol. The van der Waals surface area contributed by atoms with Crippen molar-refractivity contribution in [1.82, 2.24) is 25.3 Å². The lowest BCUT2D eigenvalue weighted by atomic mass is 10.2. The number of fused-ring (bicyclic) bond motifs is 4. The molecule has 13 N–H and O–H groups in total. The number of aromatic amines is 4. The van der Waals surface area contributed by atoms with Gasteiger partial charge < -0.3 is 47.8 Å². The van der Waals surface area contributed by atoms with Gasteiger partial charge in [0.05, 0.1) is 10.8 Å². The van der Waals surface area contributed by atoms with Crippen LogP contribution in [-0.2, 0) is 0 Å². The smallest absolute Gasteiger partial charge is 0.285 e. The van der Waals surface area contributed by atoms with Crippen molar-refractivity contribution < 1.29 is 9.59 Å². The van der Waals surface area contributed by atoms with Gasteiger partial charge in [-0.3, -0.25) is 14.9 Å². The van der Waals surface area contributed by atoms with Crippen molar-refractivity contribution in [1.29, 1.82) is 0 Å². The molecule has 4 heterocycles. The summed E-state index contributed by atoms with van der Waals surface area (Å²) in [4.78, 5) is 43.0. The number of benzene rings is 6. The fourth-order valence-electron chi connectivity index (χ4n) is 6.51. The van der Waals surface area contributed by atoms with Gasteiger partial charge in [0, 0.05) is 96.6 Å². The molecule has 14 nitrogen and oxygen atoms in total. The molecule has 0 radical (unpaired) electrons. The van der Waals surface area contributed by atoms with E-state index in [0.717, 1.165) is 66.7 Å². The van der Waals surface area contributed by atoms with Gasteiger partial charge in [-0.05, 0) is 164 Å². The maximum Gasteiger partial charge on any atom is 0.285 e. The number of carbonyl (C=O) groups excluding carboxylic acids is 2. The first kappa shape index (κ1) is 51.0. The molecule has 0 aliphatic heterocycles. The number of amidine groups is 1. The van der Waals surface area contributed by atoms with Crippen LogP contribution < -0.4 is 33.2 Å². The summed E-state index contributed by atoms with van der Waals surface area (Å²) in [6.45, 7) is 2.06. The number of isothiocyanates is 1. The van der Waals surface area contributed by atoms with E-state index in [9.17, 15) is 9.59 Å². The lowest BCUT2D eigenvalue weighted by Crippen LogP contribution is -2.34. The molecule has 10 aromatic rings. The Labute approximate surface area is 423 Å². The monoisotopic (exact) mass is 1000 g/mol. The molecule has 2 amide bonds. The third-order valence-electron chi connectivity index (χ3n) is 9.71. The molecule has 6 aromatic carbocycles. The number of hydrogen-bond acceptors (Lipinski definition) is 8. The fourth-order valence-corrected chi connectivity index (χ4v) is 7.38. The van der Waals surface area contributed by atoms with Crippen molar-refractivity contribution in [3.05, 3.63) is 194 Å². The number of H-pyrrole nitrogens is 4. The lowest BCUT2D eigenvalue weighted by Gasteiger charge is -2.09. The standard InChI is InChI=1S/C16H13N3OS.C11H13N3S.C9H9N3S.C8H8N2.C8H5NOS/c20-15(11-4-2-1-3-5-11)19-16(21)18-13-6-7-14-12(10-13)8-9-17-14;1-2-15-11(12)14-9-3-4-10-8(7-9)5-6-13-10;10-9(13)12-7-1-2-8-6(5-7)3-4-11-8;9-7-1-2-8-6(5-7)3-4-10-8;10-8(9-6-11)7-4-2-1-3-5-7/h1-10,17H,(H2,18,19,20,21);3-7,13H,2H2,1H3,(H2,12,14);1-5,11H,(H3,10,12,13);1-5,10H,9H2;1-5H. The van der Waals surface area contributed by atoms with Crippen LogP contribution in [0.5, 0.6) is 0 Å². The van der Waals surface area contributed by atoms with E-state index in [1.54, 1.807) is 48.2 Å². The SMILES string of the molecule is CCSC(N)=Nc1ccc2[nH]ccc2c1.NC(=S)Nc1ccc2[nH]ccc2c1.Nc1ccc2[nH]ccc2c1.O=C(N=C=S)c1ccccc1.O=C(NC(=S)Nc1ccc2[nH]ccc2c1)c1ccccc1. The largest absolute Gasteiger partial charge is 0.399 e. The second-order valence-corrected chi connectivity index (χ2v) is 17.0. The highest BCUT2D eigenvalue weighted by Gasteiger charge is 2.08. The van der Waals surface area contributed by atoms with Gasteiger partial charge in [-0.25, -0.2) is 4.99 Å². The molecule has 10 rings (SSSR count). The van der Waals surface area contributed by atoms with Crippen LogP contribution in [0.25, 0.3) is 43.6 Å². The Hall–Kier alpha value is -8.38. The van der Waals surface area contributed by atoms with E-state index in [1.807, 2.05) is 151 Å². The minimum atomic E-state index is -0.347. The minimum Gasteiger partial charge on any atom is -0.399 e. The van der Waals surface area contributed by atoms with Crippen LogP contribution in [-0.4, -0.2) is 58.1 Å². The average molecular weight is 1000 g/mol. The first-order chi connectivity index (χ1) is 34.0. The third-order valence-corrected chi connectivity index (χ3v) is 10.8. The second kappa shape index (κ2) is 26.2. The predicted molar refractivity (Wildman–Crippen MR) is 303 cm³/mol. The van der Waals surface area contributed by atoms with Crippen LogP contribution in [0.4, 0.5) is 22.7 Å². The molecular formula is C52H48N12O2S4. The molecule has 0 fully saturated rings. The summed E-state index contributed by atoms with van der Waals surface area (Å²) < 4.78 is 0. The summed E-state index contributed by atoms with van der Waals surface area (Å²) in [5, 5.41) is 16.3. The number of hydrogen-bond donors (Lipinski definition) is 10. The number of nitrogens with zero attached hydrogens (tertiary/aromatic N) is 2. The predicted octanol–water partition coefficient (Wildman–Crippen LogP) is 11.7. The molecule has 0 saturated heterocycles. The van der Waals surface area contributed by atoms with Crippen LogP contribution in [0.3, 0.4) is 0 Å². The number of amides is 2. The van der Waals surface area contributed by atoms with E-state index in [1.165, 1.54) is 5.39 Å². The van der Waals surface area contributed by atoms with E-state index in [-0.39, 0.29) is 22.0 Å². The molecule has 352 valence electrons. The normalized spacial score (nSPS) is 10.4. The first-order valence-electron chi connectivity index (χ1n) is 21.4. The van der Waals surface area contributed by atoms with E-state index >= 15 is 0 Å². The Kier molecular flexibility index (Phi) is 19.1. The number of anilines is 3. The van der Waals surface area contributed by atoms with Gasteiger partial charge in [0.25, 0.3) is 11.8 Å². The number of carbonyl (C=O) groups is 2. The van der Waals surface area contributed by atoms with Crippen LogP contribution >= 0.6 is 48.4 Å². The summed E-state index contributed by atoms with van der Waals surface area (Å²) in [6.07, 6.45) is 7.60. The number of aromatic nitrogens is 4.